The van der Waals surface area contributed by atoms with E-state index in [9.17, 15) is 14.5 Å². The predicted octanol–water partition coefficient (Wildman–Crippen LogP) is 4.71. The van der Waals surface area contributed by atoms with Gasteiger partial charge in [0.2, 0.25) is 0 Å². The van der Waals surface area contributed by atoms with Gasteiger partial charge in [-0.2, -0.15) is 0 Å². The zero-order valence-corrected chi connectivity index (χ0v) is 13.0. The zero-order valence-electron chi connectivity index (χ0n) is 12.1. The number of nitrogens with zero attached hydrogens (tertiary/aromatic N) is 1. The van der Waals surface area contributed by atoms with Gasteiger partial charge in [-0.15, -0.1) is 11.3 Å². The third-order valence-corrected chi connectivity index (χ3v) is 4.53. The monoisotopic (exact) mass is 308 g/mol. The molecule has 0 amide bonds. The second-order valence-corrected chi connectivity index (χ2v) is 6.96. The number of non-ortho nitro benzene ring substituents is 1. The van der Waals surface area contributed by atoms with Crippen molar-refractivity contribution in [3.05, 3.63) is 56.0 Å². The molecule has 2 rings (SSSR count). The Morgan fingerprint density at radius 1 is 1.29 bits per heavy atom. The van der Waals surface area contributed by atoms with Crippen LogP contribution in [0.15, 0.2) is 30.3 Å². The van der Waals surface area contributed by atoms with Crippen LogP contribution in [0.3, 0.4) is 0 Å². The molecule has 0 bridgehead atoms. The first-order valence-electron chi connectivity index (χ1n) is 6.54. The third-order valence-electron chi connectivity index (χ3n) is 3.01. The number of hydrogen-bond donors (Lipinski definition) is 1. The van der Waals surface area contributed by atoms with E-state index in [1.165, 1.54) is 10.9 Å². The number of halogens is 1. The fraction of sp³-hybridized carbons (Fsp3) is 0.333. The number of anilines is 1. The zero-order chi connectivity index (χ0) is 15.6. The van der Waals surface area contributed by atoms with Gasteiger partial charge in [-0.1, -0.05) is 20.8 Å². The van der Waals surface area contributed by atoms with Crippen LogP contribution in [0, 0.1) is 15.9 Å². The third kappa shape index (κ3) is 3.78. The molecule has 0 aliphatic rings. The van der Waals surface area contributed by atoms with Crippen molar-refractivity contribution in [1.82, 2.24) is 0 Å². The number of benzene rings is 1. The van der Waals surface area contributed by atoms with Crippen LogP contribution < -0.4 is 5.32 Å². The number of hydrogen-bond acceptors (Lipinski definition) is 4. The van der Waals surface area contributed by atoms with Gasteiger partial charge in [0, 0.05) is 28.4 Å². The summed E-state index contributed by atoms with van der Waals surface area (Å²) >= 11 is 1.66. The van der Waals surface area contributed by atoms with Crippen LogP contribution in [0.1, 0.15) is 30.5 Å². The van der Waals surface area contributed by atoms with Gasteiger partial charge in [-0.3, -0.25) is 10.1 Å². The minimum absolute atomic E-state index is 0.0830. The summed E-state index contributed by atoms with van der Waals surface area (Å²) in [7, 11) is 0. The number of rotatable bonds is 4. The lowest BCUT2D eigenvalue weighted by Gasteiger charge is -2.15. The molecule has 0 unspecified atom stereocenters. The molecule has 0 saturated carbocycles. The normalized spacial score (nSPS) is 11.4. The Morgan fingerprint density at radius 3 is 2.57 bits per heavy atom. The molecule has 1 aromatic carbocycles. The largest absolute Gasteiger partial charge is 0.378 e. The van der Waals surface area contributed by atoms with E-state index in [1.54, 1.807) is 11.3 Å². The van der Waals surface area contributed by atoms with Crippen LogP contribution in [0.4, 0.5) is 15.8 Å². The molecule has 0 atom stereocenters. The number of nitro groups is 1. The highest BCUT2D eigenvalue weighted by atomic mass is 32.1. The molecular formula is C15H17FN2O2S. The molecule has 0 radical (unpaired) electrons. The summed E-state index contributed by atoms with van der Waals surface area (Å²) in [6, 6.07) is 7.53. The minimum Gasteiger partial charge on any atom is -0.378 e. The minimum atomic E-state index is -0.534. The van der Waals surface area contributed by atoms with Crippen molar-refractivity contribution in [3.8, 4) is 0 Å². The van der Waals surface area contributed by atoms with Gasteiger partial charge in [0.15, 0.2) is 0 Å². The SMILES string of the molecule is CC(C)(C)c1ccc(CNc2cc([N+](=O)[O-])ccc2F)s1. The van der Waals surface area contributed by atoms with Gasteiger partial charge in [0.05, 0.1) is 10.6 Å². The molecule has 0 aliphatic heterocycles. The van der Waals surface area contributed by atoms with Crippen molar-refractivity contribution >= 4 is 22.7 Å². The molecule has 1 aromatic heterocycles. The van der Waals surface area contributed by atoms with Gasteiger partial charge in [0.25, 0.3) is 5.69 Å². The van der Waals surface area contributed by atoms with Crippen molar-refractivity contribution < 1.29 is 9.31 Å². The molecular weight excluding hydrogens is 291 g/mol. The maximum atomic E-state index is 13.6. The van der Waals surface area contributed by atoms with E-state index in [0.717, 1.165) is 17.0 Å². The summed E-state index contributed by atoms with van der Waals surface area (Å²) in [6.45, 7) is 6.85. The Kier molecular flexibility index (Phi) is 4.27. The maximum Gasteiger partial charge on any atom is 0.271 e. The predicted molar refractivity (Wildman–Crippen MR) is 83.4 cm³/mol. The standard InChI is InChI=1S/C15H17FN2O2S/c1-15(2,3)14-7-5-11(21-14)9-17-13-8-10(18(19)20)4-6-12(13)16/h4-8,17H,9H2,1-3H3. The highest BCUT2D eigenvalue weighted by molar-refractivity contribution is 7.12. The Balaban J connectivity index is 2.11. The van der Waals surface area contributed by atoms with Crippen molar-refractivity contribution in [1.29, 1.82) is 0 Å². The van der Waals surface area contributed by atoms with Crippen molar-refractivity contribution in [2.75, 3.05) is 5.32 Å². The van der Waals surface area contributed by atoms with E-state index in [0.29, 0.717) is 6.54 Å². The Labute approximate surface area is 126 Å². The van der Waals surface area contributed by atoms with E-state index in [-0.39, 0.29) is 16.8 Å². The topological polar surface area (TPSA) is 55.2 Å². The van der Waals surface area contributed by atoms with Gasteiger partial charge < -0.3 is 5.32 Å². The highest BCUT2D eigenvalue weighted by Crippen LogP contribution is 2.30. The summed E-state index contributed by atoms with van der Waals surface area (Å²) in [5.41, 5.74) is 0.107. The van der Waals surface area contributed by atoms with Crippen molar-refractivity contribution in [2.45, 2.75) is 32.7 Å². The van der Waals surface area contributed by atoms with Gasteiger partial charge in [-0.05, 0) is 23.6 Å². The molecule has 112 valence electrons. The molecule has 4 nitrogen and oxygen atoms in total. The highest BCUT2D eigenvalue weighted by Gasteiger charge is 2.16. The van der Waals surface area contributed by atoms with E-state index in [4.69, 9.17) is 0 Å². The quantitative estimate of drug-likeness (QED) is 0.657. The lowest BCUT2D eigenvalue weighted by atomic mass is 9.95. The van der Waals surface area contributed by atoms with E-state index < -0.39 is 10.7 Å². The lowest BCUT2D eigenvalue weighted by molar-refractivity contribution is -0.384. The molecule has 2 aromatic rings. The fourth-order valence-electron chi connectivity index (χ4n) is 1.82. The van der Waals surface area contributed by atoms with Crippen molar-refractivity contribution in [3.63, 3.8) is 0 Å². The number of thiophene rings is 1. The van der Waals surface area contributed by atoms with E-state index >= 15 is 0 Å². The van der Waals surface area contributed by atoms with E-state index in [2.05, 4.69) is 32.2 Å². The first kappa shape index (κ1) is 15.4. The van der Waals surface area contributed by atoms with Crippen molar-refractivity contribution in [2.24, 2.45) is 0 Å². The molecule has 0 saturated heterocycles. The van der Waals surface area contributed by atoms with Gasteiger partial charge in [-0.25, -0.2) is 4.39 Å². The average molecular weight is 308 g/mol. The van der Waals surface area contributed by atoms with Crippen LogP contribution in [-0.2, 0) is 12.0 Å². The van der Waals surface area contributed by atoms with Gasteiger partial charge in [0.1, 0.15) is 5.82 Å². The van der Waals surface area contributed by atoms with E-state index in [1.807, 2.05) is 6.07 Å². The summed E-state index contributed by atoms with van der Waals surface area (Å²) in [5.74, 6) is -0.492. The van der Waals surface area contributed by atoms with Crippen LogP contribution in [0.2, 0.25) is 0 Å². The number of nitro benzene ring substituents is 1. The van der Waals surface area contributed by atoms with Crippen LogP contribution >= 0.6 is 11.3 Å². The molecule has 1 heterocycles. The summed E-state index contributed by atoms with van der Waals surface area (Å²) < 4.78 is 13.6. The lowest BCUT2D eigenvalue weighted by Crippen LogP contribution is -2.07. The first-order chi connectivity index (χ1) is 9.77. The summed E-state index contributed by atoms with van der Waals surface area (Å²) in [4.78, 5) is 12.5. The molecule has 0 spiro atoms. The number of nitrogens with one attached hydrogen (secondary N) is 1. The van der Waals surface area contributed by atoms with Crippen LogP contribution in [0.25, 0.3) is 0 Å². The average Bonchev–Trinajstić information content (AvgIpc) is 2.86. The molecule has 0 fully saturated rings. The first-order valence-corrected chi connectivity index (χ1v) is 7.36. The maximum absolute atomic E-state index is 13.6. The second-order valence-electron chi connectivity index (χ2n) is 5.79. The summed E-state index contributed by atoms with van der Waals surface area (Å²) in [6.07, 6.45) is 0. The van der Waals surface area contributed by atoms with Crippen LogP contribution in [-0.4, -0.2) is 4.92 Å². The fourth-order valence-corrected chi connectivity index (χ4v) is 2.83. The Bertz CT molecular complexity index is 662. The summed E-state index contributed by atoms with van der Waals surface area (Å²) in [5, 5.41) is 13.6. The molecule has 21 heavy (non-hydrogen) atoms. The smallest absolute Gasteiger partial charge is 0.271 e. The Morgan fingerprint density at radius 2 is 2.00 bits per heavy atom. The molecule has 0 aliphatic carbocycles. The second kappa shape index (κ2) is 5.81. The molecule has 1 N–H and O–H groups in total. The van der Waals surface area contributed by atoms with Crippen LogP contribution in [0.5, 0.6) is 0 Å². The van der Waals surface area contributed by atoms with Gasteiger partial charge >= 0.3 is 0 Å². The molecule has 6 heteroatoms. The Hall–Kier alpha value is -1.95.